The van der Waals surface area contributed by atoms with Crippen molar-refractivity contribution < 1.29 is 4.79 Å². The van der Waals surface area contributed by atoms with Gasteiger partial charge in [-0.15, -0.1) is 11.8 Å². The minimum atomic E-state index is -0.194. The van der Waals surface area contributed by atoms with Gasteiger partial charge in [-0.05, 0) is 60.2 Å². The molecule has 0 fully saturated rings. The highest BCUT2D eigenvalue weighted by Crippen LogP contribution is 2.26. The van der Waals surface area contributed by atoms with Gasteiger partial charge in [0.2, 0.25) is 0 Å². The Balaban J connectivity index is 1.60. The van der Waals surface area contributed by atoms with Crippen LogP contribution in [0.25, 0.3) is 0 Å². The predicted molar refractivity (Wildman–Crippen MR) is 112 cm³/mol. The molecule has 0 saturated heterocycles. The van der Waals surface area contributed by atoms with Crippen molar-refractivity contribution in [3.63, 3.8) is 0 Å². The van der Waals surface area contributed by atoms with Crippen molar-refractivity contribution in [2.75, 3.05) is 5.32 Å². The van der Waals surface area contributed by atoms with E-state index in [1.807, 2.05) is 48.5 Å². The number of thioether (sulfide) groups is 1. The number of carbonyl (C=O) groups is 1. The van der Waals surface area contributed by atoms with Gasteiger partial charge in [-0.1, -0.05) is 46.9 Å². The zero-order chi connectivity index (χ0) is 18.5. The second-order valence-electron chi connectivity index (χ2n) is 5.52. The molecule has 0 bridgehead atoms. The smallest absolute Gasteiger partial charge is 0.255 e. The van der Waals surface area contributed by atoms with Crippen LogP contribution < -0.4 is 5.32 Å². The molecule has 6 heteroatoms. The Labute approximate surface area is 171 Å². The van der Waals surface area contributed by atoms with Gasteiger partial charge in [0.15, 0.2) is 0 Å². The molecule has 0 aliphatic carbocycles. The summed E-state index contributed by atoms with van der Waals surface area (Å²) in [7, 11) is 0. The van der Waals surface area contributed by atoms with Crippen molar-refractivity contribution in [3.8, 4) is 0 Å². The summed E-state index contributed by atoms with van der Waals surface area (Å²) in [5.41, 5.74) is 2.32. The van der Waals surface area contributed by atoms with Crippen LogP contribution in [0.1, 0.15) is 15.9 Å². The number of carbonyl (C=O) groups excluding carboxylic acids is 1. The van der Waals surface area contributed by atoms with Gasteiger partial charge in [0, 0.05) is 26.9 Å². The van der Waals surface area contributed by atoms with E-state index in [0.717, 1.165) is 21.2 Å². The second-order valence-corrected chi connectivity index (χ2v) is 7.82. The molecule has 3 aromatic carbocycles. The van der Waals surface area contributed by atoms with Gasteiger partial charge in [0.05, 0.1) is 10.0 Å². The van der Waals surface area contributed by atoms with Crippen molar-refractivity contribution in [1.82, 2.24) is 0 Å². The van der Waals surface area contributed by atoms with Gasteiger partial charge in [0.25, 0.3) is 5.91 Å². The molecule has 0 atom stereocenters. The summed E-state index contributed by atoms with van der Waals surface area (Å²) in [6.45, 7) is 0. The molecule has 0 spiro atoms. The van der Waals surface area contributed by atoms with E-state index in [4.69, 9.17) is 34.8 Å². The van der Waals surface area contributed by atoms with E-state index in [9.17, 15) is 4.79 Å². The molecule has 0 aliphatic heterocycles. The van der Waals surface area contributed by atoms with Crippen molar-refractivity contribution >= 4 is 58.2 Å². The average Bonchev–Trinajstić information content (AvgIpc) is 2.65. The minimum absolute atomic E-state index is 0.194. The van der Waals surface area contributed by atoms with Crippen molar-refractivity contribution in [2.24, 2.45) is 0 Å². The van der Waals surface area contributed by atoms with Crippen LogP contribution in [0.5, 0.6) is 0 Å². The zero-order valence-corrected chi connectivity index (χ0v) is 16.6. The maximum absolute atomic E-state index is 12.3. The van der Waals surface area contributed by atoms with Gasteiger partial charge in [0.1, 0.15) is 0 Å². The van der Waals surface area contributed by atoms with Crippen molar-refractivity contribution in [3.05, 3.63) is 92.9 Å². The molecular formula is C20H14Cl3NOS. The van der Waals surface area contributed by atoms with E-state index in [1.54, 1.807) is 30.0 Å². The highest BCUT2D eigenvalue weighted by Gasteiger charge is 2.08. The number of halogens is 3. The molecule has 0 unspecified atom stereocenters. The highest BCUT2D eigenvalue weighted by molar-refractivity contribution is 7.98. The Hall–Kier alpha value is -1.65. The SMILES string of the molecule is O=C(Nc1ccc(Cl)c(Cl)c1)c1ccc(CSc2ccc(Cl)cc2)cc1. The molecule has 0 heterocycles. The Morgan fingerprint density at radius 2 is 1.54 bits per heavy atom. The van der Waals surface area contributed by atoms with E-state index in [-0.39, 0.29) is 5.91 Å². The third-order valence-corrected chi connectivity index (χ3v) is 5.69. The maximum atomic E-state index is 12.3. The van der Waals surface area contributed by atoms with Crippen LogP contribution in [0, 0.1) is 0 Å². The fraction of sp³-hybridized carbons (Fsp3) is 0.0500. The molecule has 26 heavy (non-hydrogen) atoms. The van der Waals surface area contributed by atoms with Crippen LogP contribution in [-0.2, 0) is 5.75 Å². The third-order valence-electron chi connectivity index (χ3n) is 3.61. The lowest BCUT2D eigenvalue weighted by Crippen LogP contribution is -2.11. The number of hydrogen-bond donors (Lipinski definition) is 1. The van der Waals surface area contributed by atoms with E-state index < -0.39 is 0 Å². The van der Waals surface area contributed by atoms with Crippen LogP contribution in [-0.4, -0.2) is 5.91 Å². The quantitative estimate of drug-likeness (QED) is 0.441. The molecule has 0 saturated carbocycles. The number of hydrogen-bond acceptors (Lipinski definition) is 2. The normalized spacial score (nSPS) is 10.6. The fourth-order valence-electron chi connectivity index (χ4n) is 2.23. The lowest BCUT2D eigenvalue weighted by atomic mass is 10.1. The van der Waals surface area contributed by atoms with Gasteiger partial charge in [-0.3, -0.25) is 4.79 Å². The lowest BCUT2D eigenvalue weighted by Gasteiger charge is -2.07. The van der Waals surface area contributed by atoms with E-state index in [1.165, 1.54) is 0 Å². The van der Waals surface area contributed by atoms with E-state index in [0.29, 0.717) is 21.3 Å². The minimum Gasteiger partial charge on any atom is -0.322 e. The number of nitrogens with one attached hydrogen (secondary N) is 1. The lowest BCUT2D eigenvalue weighted by molar-refractivity contribution is 0.102. The number of benzene rings is 3. The first-order valence-electron chi connectivity index (χ1n) is 7.75. The number of rotatable bonds is 5. The summed E-state index contributed by atoms with van der Waals surface area (Å²) in [5, 5.41) is 4.39. The first-order valence-corrected chi connectivity index (χ1v) is 9.87. The Morgan fingerprint density at radius 1 is 0.846 bits per heavy atom. The second kappa shape index (κ2) is 8.83. The standard InChI is InChI=1S/C20H14Cl3NOS/c21-15-5-8-17(9-6-15)26-12-13-1-3-14(4-2-13)20(25)24-16-7-10-18(22)19(23)11-16/h1-11H,12H2,(H,24,25). The summed E-state index contributed by atoms with van der Waals surface area (Å²) >= 11 is 19.5. The topological polar surface area (TPSA) is 29.1 Å². The summed E-state index contributed by atoms with van der Waals surface area (Å²) in [6.07, 6.45) is 0. The van der Waals surface area contributed by atoms with Gasteiger partial charge in [-0.2, -0.15) is 0 Å². The molecule has 1 N–H and O–H groups in total. The summed E-state index contributed by atoms with van der Waals surface area (Å²) in [6, 6.07) is 20.2. The summed E-state index contributed by atoms with van der Waals surface area (Å²) in [4.78, 5) is 13.5. The molecular weight excluding hydrogens is 409 g/mol. The van der Waals surface area contributed by atoms with Crippen molar-refractivity contribution in [2.45, 2.75) is 10.6 Å². The maximum Gasteiger partial charge on any atom is 0.255 e. The Morgan fingerprint density at radius 3 is 2.19 bits per heavy atom. The fourth-order valence-corrected chi connectivity index (χ4v) is 3.51. The van der Waals surface area contributed by atoms with Gasteiger partial charge < -0.3 is 5.32 Å². The molecule has 3 rings (SSSR count). The molecule has 0 aliphatic rings. The molecule has 0 aromatic heterocycles. The third kappa shape index (κ3) is 5.18. The summed E-state index contributed by atoms with van der Waals surface area (Å²) in [5.74, 6) is 0.622. The van der Waals surface area contributed by atoms with Gasteiger partial charge in [-0.25, -0.2) is 0 Å². The number of amides is 1. The molecule has 2 nitrogen and oxygen atoms in total. The van der Waals surface area contributed by atoms with Crippen LogP contribution in [0.15, 0.2) is 71.6 Å². The summed E-state index contributed by atoms with van der Waals surface area (Å²) < 4.78 is 0. The molecule has 0 radical (unpaired) electrons. The molecule has 132 valence electrons. The van der Waals surface area contributed by atoms with Gasteiger partial charge >= 0.3 is 0 Å². The largest absolute Gasteiger partial charge is 0.322 e. The Kier molecular flexibility index (Phi) is 6.49. The first-order chi connectivity index (χ1) is 12.5. The number of anilines is 1. The van der Waals surface area contributed by atoms with Crippen LogP contribution in [0.3, 0.4) is 0 Å². The monoisotopic (exact) mass is 421 g/mol. The van der Waals surface area contributed by atoms with Crippen LogP contribution >= 0.6 is 46.6 Å². The van der Waals surface area contributed by atoms with Crippen LogP contribution in [0.4, 0.5) is 5.69 Å². The van der Waals surface area contributed by atoms with E-state index in [2.05, 4.69) is 5.32 Å². The average molecular weight is 423 g/mol. The molecule has 3 aromatic rings. The van der Waals surface area contributed by atoms with Crippen molar-refractivity contribution in [1.29, 1.82) is 0 Å². The Bertz CT molecular complexity index is 911. The zero-order valence-electron chi connectivity index (χ0n) is 13.5. The highest BCUT2D eigenvalue weighted by atomic mass is 35.5. The van der Waals surface area contributed by atoms with Crippen LogP contribution in [0.2, 0.25) is 15.1 Å². The predicted octanol–water partition coefficient (Wildman–Crippen LogP) is 7.19. The molecule has 1 amide bonds. The first kappa shape index (κ1) is 19.1. The van der Waals surface area contributed by atoms with E-state index >= 15 is 0 Å².